The Balaban J connectivity index is 0.976. The summed E-state index contributed by atoms with van der Waals surface area (Å²) in [4.78, 5) is 2.40. The van der Waals surface area contributed by atoms with E-state index in [1.165, 1.54) is 54.9 Å². The van der Waals surface area contributed by atoms with E-state index in [1.807, 2.05) is 18.2 Å². The second kappa shape index (κ2) is 14.7. The van der Waals surface area contributed by atoms with Gasteiger partial charge in [0.05, 0.1) is 0 Å². The number of hydrogen-bond donors (Lipinski definition) is 0. The minimum Gasteiger partial charge on any atom is -0.456 e. The van der Waals surface area contributed by atoms with E-state index in [1.54, 1.807) is 0 Å². The number of fused-ring (bicyclic) bond motifs is 13. The summed E-state index contributed by atoms with van der Waals surface area (Å²) in [6.07, 6.45) is 0. The number of furan rings is 2. The molecule has 1 aliphatic rings. The van der Waals surface area contributed by atoms with E-state index in [0.29, 0.717) is 0 Å². The lowest BCUT2D eigenvalue weighted by atomic mass is 9.82. The van der Waals surface area contributed by atoms with Crippen LogP contribution >= 0.6 is 0 Å². The molecule has 0 aliphatic heterocycles. The maximum Gasteiger partial charge on any atom is 0.143 e. The van der Waals surface area contributed by atoms with E-state index in [-0.39, 0.29) is 5.41 Å². The van der Waals surface area contributed by atoms with E-state index in [9.17, 15) is 0 Å². The first-order chi connectivity index (χ1) is 33.5. The molecular weight excluding hydrogens is 827 g/mol. The van der Waals surface area contributed by atoms with Crippen molar-refractivity contribution >= 4 is 82.5 Å². The lowest BCUT2D eigenvalue weighted by molar-refractivity contribution is 0.660. The van der Waals surface area contributed by atoms with Crippen LogP contribution < -0.4 is 4.90 Å². The quantitative estimate of drug-likeness (QED) is 0.156. The van der Waals surface area contributed by atoms with E-state index < -0.39 is 0 Å². The van der Waals surface area contributed by atoms with Gasteiger partial charge in [-0.3, -0.25) is 0 Å². The molecule has 0 unspecified atom stereocenters. The van der Waals surface area contributed by atoms with Crippen molar-refractivity contribution in [1.29, 1.82) is 0 Å². The first-order valence-electron chi connectivity index (χ1n) is 23.5. The minimum atomic E-state index is -0.135. The van der Waals surface area contributed by atoms with Crippen molar-refractivity contribution in [2.24, 2.45) is 0 Å². The molecule has 3 heteroatoms. The Bertz CT molecular complexity index is 4150. The SMILES string of the molecule is CC1(C)c2ccccc2-c2ccc(N(c3ccc(-c4ccccc4)cc3)c3ccc(-c4ccc5c(oc6ccc7oc8ccccc8c7c65)c4-c4cc5ccccc5c5ccccc45)cc3)cc21. The lowest BCUT2D eigenvalue weighted by Gasteiger charge is -2.28. The van der Waals surface area contributed by atoms with Crippen LogP contribution in [-0.2, 0) is 5.41 Å². The van der Waals surface area contributed by atoms with E-state index in [4.69, 9.17) is 8.83 Å². The first kappa shape index (κ1) is 38.6. The average molecular weight is 870 g/mol. The monoisotopic (exact) mass is 869 g/mol. The van der Waals surface area contributed by atoms with Crippen LogP contribution in [0.2, 0.25) is 0 Å². The van der Waals surface area contributed by atoms with Crippen LogP contribution in [0.4, 0.5) is 17.1 Å². The highest BCUT2D eigenvalue weighted by Gasteiger charge is 2.36. The molecule has 3 nitrogen and oxygen atoms in total. The smallest absolute Gasteiger partial charge is 0.143 e. The molecule has 0 spiro atoms. The fourth-order valence-corrected chi connectivity index (χ4v) is 11.4. The zero-order valence-electron chi connectivity index (χ0n) is 37.6. The Morgan fingerprint density at radius 2 is 0.912 bits per heavy atom. The molecule has 320 valence electrons. The van der Waals surface area contributed by atoms with Crippen LogP contribution in [0.25, 0.3) is 110 Å². The predicted octanol–water partition coefficient (Wildman–Crippen LogP) is 18.6. The summed E-state index contributed by atoms with van der Waals surface area (Å²) in [5.74, 6) is 0. The van der Waals surface area contributed by atoms with Crippen molar-refractivity contribution in [3.05, 3.63) is 236 Å². The number of hydrogen-bond acceptors (Lipinski definition) is 3. The molecule has 0 saturated heterocycles. The molecular formula is C65H43NO2. The maximum absolute atomic E-state index is 7.13. The van der Waals surface area contributed by atoms with Gasteiger partial charge in [0, 0.05) is 49.6 Å². The Morgan fingerprint density at radius 1 is 0.338 bits per heavy atom. The molecule has 0 amide bonds. The number of para-hydroxylation sites is 1. The van der Waals surface area contributed by atoms with Crippen molar-refractivity contribution in [1.82, 2.24) is 0 Å². The third-order valence-corrected chi connectivity index (χ3v) is 14.7. The van der Waals surface area contributed by atoms with Crippen LogP contribution in [0.15, 0.2) is 233 Å². The minimum absolute atomic E-state index is 0.135. The molecule has 0 saturated carbocycles. The van der Waals surface area contributed by atoms with Crippen molar-refractivity contribution in [2.45, 2.75) is 19.3 Å². The zero-order valence-corrected chi connectivity index (χ0v) is 37.6. The average Bonchev–Trinajstić information content (AvgIpc) is 4.04. The van der Waals surface area contributed by atoms with Gasteiger partial charge in [-0.15, -0.1) is 0 Å². The number of anilines is 3. The molecule has 0 bridgehead atoms. The van der Waals surface area contributed by atoms with Crippen molar-refractivity contribution in [2.75, 3.05) is 4.90 Å². The third-order valence-electron chi connectivity index (χ3n) is 14.7. The second-order valence-electron chi connectivity index (χ2n) is 18.8. The Kier molecular flexibility index (Phi) is 8.33. The third kappa shape index (κ3) is 5.72. The van der Waals surface area contributed by atoms with Gasteiger partial charge >= 0.3 is 0 Å². The fraction of sp³-hybridized carbons (Fsp3) is 0.0462. The van der Waals surface area contributed by atoms with E-state index in [0.717, 1.165) is 83.2 Å². The first-order valence-corrected chi connectivity index (χ1v) is 23.5. The molecule has 0 N–H and O–H groups in total. The summed E-state index contributed by atoms with van der Waals surface area (Å²) in [5.41, 5.74) is 18.7. The van der Waals surface area contributed by atoms with Gasteiger partial charge in [0.1, 0.15) is 22.3 Å². The number of nitrogens with zero attached hydrogens (tertiary/aromatic N) is 1. The maximum atomic E-state index is 7.13. The summed E-state index contributed by atoms with van der Waals surface area (Å²) in [6.45, 7) is 4.70. The van der Waals surface area contributed by atoms with Crippen LogP contribution in [0.3, 0.4) is 0 Å². The molecule has 14 rings (SSSR count). The highest BCUT2D eigenvalue weighted by Crippen LogP contribution is 2.52. The summed E-state index contributed by atoms with van der Waals surface area (Å²) in [7, 11) is 0. The van der Waals surface area contributed by atoms with Crippen LogP contribution in [-0.4, -0.2) is 0 Å². The Hall–Kier alpha value is -8.66. The summed E-state index contributed by atoms with van der Waals surface area (Å²) in [6, 6.07) is 81.4. The van der Waals surface area contributed by atoms with Crippen LogP contribution in [0.1, 0.15) is 25.0 Å². The Labute approximate surface area is 393 Å². The van der Waals surface area contributed by atoms with Crippen molar-refractivity contribution < 1.29 is 8.83 Å². The van der Waals surface area contributed by atoms with E-state index in [2.05, 4.69) is 225 Å². The number of rotatable bonds is 6. The van der Waals surface area contributed by atoms with Gasteiger partial charge in [-0.05, 0) is 138 Å². The molecule has 0 radical (unpaired) electrons. The zero-order chi connectivity index (χ0) is 45.1. The van der Waals surface area contributed by atoms with Gasteiger partial charge in [-0.25, -0.2) is 0 Å². The molecule has 0 fully saturated rings. The summed E-state index contributed by atoms with van der Waals surface area (Å²) < 4.78 is 13.5. The molecule has 13 aromatic rings. The van der Waals surface area contributed by atoms with Crippen molar-refractivity contribution in [3.8, 4) is 44.5 Å². The lowest BCUT2D eigenvalue weighted by Crippen LogP contribution is -2.16. The highest BCUT2D eigenvalue weighted by atomic mass is 16.3. The molecule has 1 aliphatic carbocycles. The van der Waals surface area contributed by atoms with Crippen LogP contribution in [0, 0.1) is 0 Å². The van der Waals surface area contributed by atoms with Gasteiger partial charge in [0.15, 0.2) is 0 Å². The number of benzene rings is 11. The van der Waals surface area contributed by atoms with Gasteiger partial charge in [0.25, 0.3) is 0 Å². The molecule has 11 aromatic carbocycles. The molecule has 2 aromatic heterocycles. The van der Waals surface area contributed by atoms with Gasteiger partial charge < -0.3 is 13.7 Å². The van der Waals surface area contributed by atoms with Crippen LogP contribution in [0.5, 0.6) is 0 Å². The normalized spacial score (nSPS) is 13.0. The summed E-state index contributed by atoms with van der Waals surface area (Å²) >= 11 is 0. The molecule has 0 atom stereocenters. The second-order valence-corrected chi connectivity index (χ2v) is 18.8. The predicted molar refractivity (Wildman–Crippen MR) is 285 cm³/mol. The van der Waals surface area contributed by atoms with Gasteiger partial charge in [-0.2, -0.15) is 0 Å². The largest absolute Gasteiger partial charge is 0.456 e. The topological polar surface area (TPSA) is 29.5 Å². The highest BCUT2D eigenvalue weighted by molar-refractivity contribution is 6.28. The van der Waals surface area contributed by atoms with Gasteiger partial charge in [-0.1, -0.05) is 172 Å². The fourth-order valence-electron chi connectivity index (χ4n) is 11.4. The van der Waals surface area contributed by atoms with E-state index >= 15 is 0 Å². The standard InChI is InChI=1S/C65H43NO2/c1-65(2)56-22-12-10-20-51(56)52-33-32-46(39-57(52)65)66(44-28-24-41(25-29-44)40-14-4-3-5-15-40)45-30-26-42(27-31-45)48-34-35-54-63-60(37-36-59-62(63)53-21-11-13-23-58(53)67-59)68-64(54)61(48)55-38-43-16-6-7-17-47(43)49-18-8-9-19-50(49)55/h3-39H,1-2H3. The van der Waals surface area contributed by atoms with Crippen molar-refractivity contribution in [3.63, 3.8) is 0 Å². The molecule has 68 heavy (non-hydrogen) atoms. The molecule has 2 heterocycles. The van der Waals surface area contributed by atoms with Gasteiger partial charge in [0.2, 0.25) is 0 Å². The summed E-state index contributed by atoms with van der Waals surface area (Å²) in [5, 5.41) is 9.13. The Morgan fingerprint density at radius 3 is 1.71 bits per heavy atom.